The molecule has 1 atom stereocenters. The van der Waals surface area contributed by atoms with E-state index in [0.717, 1.165) is 49.1 Å². The summed E-state index contributed by atoms with van der Waals surface area (Å²) in [6.45, 7) is 1.73. The van der Waals surface area contributed by atoms with Gasteiger partial charge in [-0.2, -0.15) is 5.10 Å². The van der Waals surface area contributed by atoms with Crippen LogP contribution in [-0.2, 0) is 4.79 Å². The third kappa shape index (κ3) is 2.64. The van der Waals surface area contributed by atoms with Crippen LogP contribution >= 0.6 is 0 Å². The van der Waals surface area contributed by atoms with Crippen LogP contribution in [0.15, 0.2) is 18.3 Å². The predicted molar refractivity (Wildman–Crippen MR) is 79.8 cm³/mol. The summed E-state index contributed by atoms with van der Waals surface area (Å²) in [5.74, 6) is 1.36. The lowest BCUT2D eigenvalue weighted by atomic mass is 9.94. The van der Waals surface area contributed by atoms with Gasteiger partial charge < -0.3 is 4.90 Å². The first-order chi connectivity index (χ1) is 10.3. The maximum Gasteiger partial charge on any atom is 0.222 e. The molecule has 0 spiro atoms. The number of likely N-dealkylation sites (tertiary alicyclic amines) is 1. The maximum atomic E-state index is 12.3. The molecule has 1 saturated carbocycles. The summed E-state index contributed by atoms with van der Waals surface area (Å²) in [6, 6.07) is 4.14. The van der Waals surface area contributed by atoms with Gasteiger partial charge in [0.25, 0.3) is 0 Å². The quantitative estimate of drug-likeness (QED) is 0.941. The van der Waals surface area contributed by atoms with Crippen molar-refractivity contribution in [2.75, 3.05) is 13.1 Å². The zero-order chi connectivity index (χ0) is 14.2. The fourth-order valence-electron chi connectivity index (χ4n) is 3.21. The molecule has 0 radical (unpaired) electrons. The van der Waals surface area contributed by atoms with E-state index in [1.165, 1.54) is 12.8 Å². The van der Waals surface area contributed by atoms with Gasteiger partial charge in [-0.3, -0.25) is 9.89 Å². The zero-order valence-electron chi connectivity index (χ0n) is 12.1. The van der Waals surface area contributed by atoms with Gasteiger partial charge in [-0.05, 0) is 43.7 Å². The molecule has 0 aromatic carbocycles. The minimum absolute atomic E-state index is 0.338. The SMILES string of the molecule is O=C(CC1CC1)N1CCCC(c2ccc3cn[nH]c3n2)C1. The zero-order valence-corrected chi connectivity index (χ0v) is 12.1. The molecule has 1 unspecified atom stereocenters. The number of piperidine rings is 1. The summed E-state index contributed by atoms with van der Waals surface area (Å²) in [4.78, 5) is 19.0. The number of aromatic nitrogens is 3. The molecule has 2 aliphatic rings. The number of rotatable bonds is 3. The largest absolute Gasteiger partial charge is 0.342 e. The van der Waals surface area contributed by atoms with Gasteiger partial charge in [0.1, 0.15) is 0 Å². The summed E-state index contributed by atoms with van der Waals surface area (Å²) in [6.07, 6.45) is 7.20. The molecule has 2 aromatic rings. The number of hydrogen-bond donors (Lipinski definition) is 1. The first-order valence-corrected chi connectivity index (χ1v) is 7.87. The number of nitrogens with one attached hydrogen (secondary N) is 1. The lowest BCUT2D eigenvalue weighted by molar-refractivity contribution is -0.132. The van der Waals surface area contributed by atoms with E-state index in [0.29, 0.717) is 17.7 Å². The van der Waals surface area contributed by atoms with E-state index in [1.807, 2.05) is 4.90 Å². The Hall–Kier alpha value is -1.91. The Balaban J connectivity index is 1.49. The third-order valence-corrected chi connectivity index (χ3v) is 4.67. The molecule has 1 amide bonds. The minimum atomic E-state index is 0.338. The first kappa shape index (κ1) is 12.8. The Morgan fingerprint density at radius 3 is 3.10 bits per heavy atom. The molecule has 1 saturated heterocycles. The van der Waals surface area contributed by atoms with Crippen LogP contribution in [-0.4, -0.2) is 39.1 Å². The van der Waals surface area contributed by atoms with E-state index in [2.05, 4.69) is 27.3 Å². The summed E-state index contributed by atoms with van der Waals surface area (Å²) < 4.78 is 0. The monoisotopic (exact) mass is 284 g/mol. The molecule has 1 N–H and O–H groups in total. The van der Waals surface area contributed by atoms with Gasteiger partial charge in [0.2, 0.25) is 5.91 Å². The van der Waals surface area contributed by atoms with E-state index in [9.17, 15) is 4.79 Å². The Labute approximate surface area is 123 Å². The number of hydrogen-bond acceptors (Lipinski definition) is 3. The molecular formula is C16H20N4O. The average Bonchev–Trinajstić information content (AvgIpc) is 3.20. The molecular weight excluding hydrogens is 264 g/mol. The molecule has 1 aliphatic carbocycles. The Bertz CT molecular complexity index is 661. The molecule has 1 aliphatic heterocycles. The summed E-state index contributed by atoms with van der Waals surface area (Å²) in [5.41, 5.74) is 1.92. The van der Waals surface area contributed by atoms with Crippen molar-refractivity contribution in [3.05, 3.63) is 24.0 Å². The highest BCUT2D eigenvalue weighted by Gasteiger charge is 2.30. The van der Waals surface area contributed by atoms with Crippen LogP contribution in [0, 0.1) is 5.92 Å². The number of carbonyl (C=O) groups is 1. The lowest BCUT2D eigenvalue weighted by Crippen LogP contribution is -2.39. The van der Waals surface area contributed by atoms with Gasteiger partial charge in [-0.1, -0.05) is 0 Å². The van der Waals surface area contributed by atoms with E-state index >= 15 is 0 Å². The smallest absolute Gasteiger partial charge is 0.222 e. The molecule has 3 heterocycles. The highest BCUT2D eigenvalue weighted by atomic mass is 16.2. The topological polar surface area (TPSA) is 61.9 Å². The molecule has 0 bridgehead atoms. The number of carbonyl (C=O) groups excluding carboxylic acids is 1. The second kappa shape index (κ2) is 5.13. The second-order valence-corrected chi connectivity index (χ2v) is 6.37. The molecule has 5 heteroatoms. The maximum absolute atomic E-state index is 12.3. The van der Waals surface area contributed by atoms with Gasteiger partial charge in [0.15, 0.2) is 5.65 Å². The third-order valence-electron chi connectivity index (χ3n) is 4.67. The fraction of sp³-hybridized carbons (Fsp3) is 0.562. The van der Waals surface area contributed by atoms with E-state index in [1.54, 1.807) is 6.20 Å². The number of H-pyrrole nitrogens is 1. The molecule has 21 heavy (non-hydrogen) atoms. The van der Waals surface area contributed by atoms with Crippen molar-refractivity contribution in [3.8, 4) is 0 Å². The van der Waals surface area contributed by atoms with Crippen molar-refractivity contribution in [1.29, 1.82) is 0 Å². The van der Waals surface area contributed by atoms with Gasteiger partial charge >= 0.3 is 0 Å². The van der Waals surface area contributed by atoms with Crippen molar-refractivity contribution in [3.63, 3.8) is 0 Å². The Kier molecular flexibility index (Phi) is 3.13. The van der Waals surface area contributed by atoms with Crippen molar-refractivity contribution in [2.45, 2.75) is 38.0 Å². The minimum Gasteiger partial charge on any atom is -0.342 e. The highest BCUT2D eigenvalue weighted by Crippen LogP contribution is 2.34. The highest BCUT2D eigenvalue weighted by molar-refractivity contribution is 5.77. The Morgan fingerprint density at radius 2 is 2.24 bits per heavy atom. The molecule has 4 rings (SSSR count). The van der Waals surface area contributed by atoms with Crippen LogP contribution in [0.1, 0.15) is 43.7 Å². The van der Waals surface area contributed by atoms with E-state index in [4.69, 9.17) is 0 Å². The van der Waals surface area contributed by atoms with Crippen molar-refractivity contribution < 1.29 is 4.79 Å². The van der Waals surface area contributed by atoms with Crippen LogP contribution in [0.2, 0.25) is 0 Å². The van der Waals surface area contributed by atoms with Crippen molar-refractivity contribution in [1.82, 2.24) is 20.1 Å². The van der Waals surface area contributed by atoms with E-state index in [-0.39, 0.29) is 0 Å². The predicted octanol–water partition coefficient (Wildman–Crippen LogP) is 2.46. The molecule has 5 nitrogen and oxygen atoms in total. The number of nitrogens with zero attached hydrogens (tertiary/aromatic N) is 3. The summed E-state index contributed by atoms with van der Waals surface area (Å²) in [7, 11) is 0. The second-order valence-electron chi connectivity index (χ2n) is 6.37. The average molecular weight is 284 g/mol. The number of aromatic amines is 1. The van der Waals surface area contributed by atoms with Gasteiger partial charge in [0, 0.05) is 36.5 Å². The standard InChI is InChI=1S/C16H20N4O/c21-15(8-11-3-4-11)20-7-1-2-13(10-20)14-6-5-12-9-17-19-16(12)18-14/h5-6,9,11,13H,1-4,7-8,10H2,(H,17,18,19). The lowest BCUT2D eigenvalue weighted by Gasteiger charge is -2.32. The van der Waals surface area contributed by atoms with Gasteiger partial charge in [-0.15, -0.1) is 0 Å². The Morgan fingerprint density at radius 1 is 1.33 bits per heavy atom. The first-order valence-electron chi connectivity index (χ1n) is 7.87. The molecule has 2 fully saturated rings. The number of pyridine rings is 1. The number of fused-ring (bicyclic) bond motifs is 1. The van der Waals surface area contributed by atoms with Crippen molar-refractivity contribution in [2.24, 2.45) is 5.92 Å². The van der Waals surface area contributed by atoms with Crippen LogP contribution in [0.3, 0.4) is 0 Å². The normalized spacial score (nSPS) is 22.7. The van der Waals surface area contributed by atoms with Gasteiger partial charge in [0.05, 0.1) is 6.20 Å². The van der Waals surface area contributed by atoms with Crippen LogP contribution in [0.4, 0.5) is 0 Å². The van der Waals surface area contributed by atoms with Crippen LogP contribution in [0.25, 0.3) is 11.0 Å². The molecule has 110 valence electrons. The van der Waals surface area contributed by atoms with Crippen LogP contribution in [0.5, 0.6) is 0 Å². The van der Waals surface area contributed by atoms with Crippen molar-refractivity contribution >= 4 is 16.9 Å². The summed E-state index contributed by atoms with van der Waals surface area (Å²) in [5, 5.41) is 7.98. The van der Waals surface area contributed by atoms with E-state index < -0.39 is 0 Å². The fourth-order valence-corrected chi connectivity index (χ4v) is 3.21. The van der Waals surface area contributed by atoms with Gasteiger partial charge in [-0.25, -0.2) is 4.98 Å². The summed E-state index contributed by atoms with van der Waals surface area (Å²) >= 11 is 0. The van der Waals surface area contributed by atoms with Crippen LogP contribution < -0.4 is 0 Å². The number of amides is 1. The molecule has 2 aromatic heterocycles.